The number of carbonyl (C=O) groups excluding carboxylic acids is 3. The summed E-state index contributed by atoms with van der Waals surface area (Å²) in [6.45, 7) is 1.27. The van der Waals surface area contributed by atoms with Crippen LogP contribution in [0.1, 0.15) is 32.7 Å². The van der Waals surface area contributed by atoms with Crippen molar-refractivity contribution < 1.29 is 27.6 Å². The first-order valence-corrected chi connectivity index (χ1v) is 10.2. The second-order valence-electron chi connectivity index (χ2n) is 6.77. The minimum Gasteiger partial charge on any atom is -0.351 e. The van der Waals surface area contributed by atoms with Gasteiger partial charge in [-0.05, 0) is 29.6 Å². The Morgan fingerprint density at radius 1 is 1.00 bits per heavy atom. The molecule has 2 heterocycles. The highest BCUT2D eigenvalue weighted by Crippen LogP contribution is 2.29. The van der Waals surface area contributed by atoms with Crippen LogP contribution in [0.15, 0.2) is 41.1 Å². The molecule has 0 bridgehead atoms. The van der Waals surface area contributed by atoms with E-state index < -0.39 is 17.6 Å². The third-order valence-electron chi connectivity index (χ3n) is 4.76. The van der Waals surface area contributed by atoms with Crippen LogP contribution in [0.5, 0.6) is 0 Å². The number of alkyl halides is 3. The van der Waals surface area contributed by atoms with Gasteiger partial charge in [0.15, 0.2) is 0 Å². The van der Waals surface area contributed by atoms with Crippen molar-refractivity contribution in [1.82, 2.24) is 15.1 Å². The van der Waals surface area contributed by atoms with Gasteiger partial charge in [0.25, 0.3) is 11.8 Å². The highest BCUT2D eigenvalue weighted by Gasteiger charge is 2.32. The fourth-order valence-corrected chi connectivity index (χ4v) is 3.74. The van der Waals surface area contributed by atoms with Crippen LogP contribution in [0.3, 0.4) is 0 Å². The lowest BCUT2D eigenvalue weighted by molar-refractivity contribution is -0.137. The number of benzene rings is 1. The quantitative estimate of drug-likeness (QED) is 0.779. The van der Waals surface area contributed by atoms with Crippen LogP contribution in [0, 0.1) is 0 Å². The Morgan fingerprint density at radius 2 is 1.70 bits per heavy atom. The van der Waals surface area contributed by atoms with Crippen molar-refractivity contribution in [2.75, 3.05) is 32.7 Å². The molecule has 1 aromatic carbocycles. The number of nitrogens with zero attached hydrogens (tertiary/aromatic N) is 2. The summed E-state index contributed by atoms with van der Waals surface area (Å²) in [4.78, 5) is 39.7. The van der Waals surface area contributed by atoms with Crippen LogP contribution in [0.25, 0.3) is 0 Å². The summed E-state index contributed by atoms with van der Waals surface area (Å²) in [6.07, 6.45) is -4.38. The standard InChI is InChI=1S/C20H20F3N3O3S/c21-20(22,23)16-3-1-2-14(12-16)19(29)26-9-7-25(8-10-26)17(27)4-6-24-18(28)15-5-11-30-13-15/h1-3,5,11-13H,4,6-10H2,(H,24,28). The first kappa shape index (κ1) is 21.8. The van der Waals surface area contributed by atoms with E-state index in [4.69, 9.17) is 0 Å². The van der Waals surface area contributed by atoms with Crippen LogP contribution >= 0.6 is 11.3 Å². The molecule has 1 fully saturated rings. The summed E-state index contributed by atoms with van der Waals surface area (Å²) in [5.41, 5.74) is -0.346. The minimum absolute atomic E-state index is 0.0271. The average Bonchev–Trinajstić information content (AvgIpc) is 3.28. The highest BCUT2D eigenvalue weighted by molar-refractivity contribution is 7.08. The van der Waals surface area contributed by atoms with Crippen LogP contribution in [0.2, 0.25) is 0 Å². The molecule has 3 rings (SSSR count). The van der Waals surface area contributed by atoms with E-state index in [0.717, 1.165) is 12.1 Å². The Kier molecular flexibility index (Phi) is 6.76. The van der Waals surface area contributed by atoms with Gasteiger partial charge >= 0.3 is 6.18 Å². The normalized spacial score (nSPS) is 14.5. The van der Waals surface area contributed by atoms with Gasteiger partial charge in [0.05, 0.1) is 5.56 Å². The molecule has 2 aromatic rings. The maximum atomic E-state index is 12.9. The van der Waals surface area contributed by atoms with Crippen LogP contribution in [0.4, 0.5) is 13.2 Å². The Morgan fingerprint density at radius 3 is 2.33 bits per heavy atom. The summed E-state index contributed by atoms with van der Waals surface area (Å²) >= 11 is 1.41. The monoisotopic (exact) mass is 439 g/mol. The zero-order valence-corrected chi connectivity index (χ0v) is 16.8. The maximum Gasteiger partial charge on any atom is 0.416 e. The smallest absolute Gasteiger partial charge is 0.351 e. The molecule has 10 heteroatoms. The van der Waals surface area contributed by atoms with Gasteiger partial charge in [-0.1, -0.05) is 6.07 Å². The Balaban J connectivity index is 1.46. The van der Waals surface area contributed by atoms with Crippen molar-refractivity contribution >= 4 is 29.1 Å². The lowest BCUT2D eigenvalue weighted by Gasteiger charge is -2.35. The molecule has 160 valence electrons. The number of thiophene rings is 1. The molecule has 1 saturated heterocycles. The van der Waals surface area contributed by atoms with Crippen molar-refractivity contribution in [1.29, 1.82) is 0 Å². The Hall–Kier alpha value is -2.88. The minimum atomic E-state index is -4.51. The van der Waals surface area contributed by atoms with E-state index in [9.17, 15) is 27.6 Å². The zero-order chi connectivity index (χ0) is 21.7. The molecule has 1 aliphatic rings. The van der Waals surface area contributed by atoms with Gasteiger partial charge in [0.1, 0.15) is 0 Å². The number of rotatable bonds is 5. The number of hydrogen-bond acceptors (Lipinski definition) is 4. The lowest BCUT2D eigenvalue weighted by Crippen LogP contribution is -2.51. The average molecular weight is 439 g/mol. The summed E-state index contributed by atoms with van der Waals surface area (Å²) in [6, 6.07) is 6.02. The fraction of sp³-hybridized carbons (Fsp3) is 0.350. The second-order valence-corrected chi connectivity index (χ2v) is 7.55. The van der Waals surface area contributed by atoms with E-state index >= 15 is 0 Å². The second kappa shape index (κ2) is 9.29. The number of piperazine rings is 1. The number of carbonyl (C=O) groups is 3. The van der Waals surface area contributed by atoms with Crippen molar-refractivity contribution in [3.05, 3.63) is 57.8 Å². The molecular formula is C20H20F3N3O3S. The molecule has 6 nitrogen and oxygen atoms in total. The van der Waals surface area contributed by atoms with E-state index in [1.54, 1.807) is 21.7 Å². The molecule has 30 heavy (non-hydrogen) atoms. The molecule has 0 spiro atoms. The van der Waals surface area contributed by atoms with Crippen LogP contribution in [-0.2, 0) is 11.0 Å². The first-order chi connectivity index (χ1) is 14.3. The fourth-order valence-electron chi connectivity index (χ4n) is 3.11. The molecule has 1 N–H and O–H groups in total. The van der Waals surface area contributed by atoms with E-state index in [1.165, 1.54) is 28.4 Å². The number of halogens is 3. The van der Waals surface area contributed by atoms with Crippen molar-refractivity contribution in [2.24, 2.45) is 0 Å². The van der Waals surface area contributed by atoms with Gasteiger partial charge in [-0.15, -0.1) is 0 Å². The van der Waals surface area contributed by atoms with E-state index in [-0.39, 0.29) is 43.4 Å². The first-order valence-electron chi connectivity index (χ1n) is 9.30. The van der Waals surface area contributed by atoms with Crippen molar-refractivity contribution in [2.45, 2.75) is 12.6 Å². The van der Waals surface area contributed by atoms with E-state index in [2.05, 4.69) is 5.32 Å². The van der Waals surface area contributed by atoms with Gasteiger partial charge in [0, 0.05) is 55.7 Å². The number of amides is 3. The molecule has 0 saturated carbocycles. The van der Waals surface area contributed by atoms with Gasteiger partial charge in [-0.2, -0.15) is 24.5 Å². The molecule has 3 amide bonds. The van der Waals surface area contributed by atoms with E-state index in [0.29, 0.717) is 18.7 Å². The number of nitrogens with one attached hydrogen (secondary N) is 1. The largest absolute Gasteiger partial charge is 0.416 e. The molecule has 1 aliphatic heterocycles. The maximum absolute atomic E-state index is 12.9. The van der Waals surface area contributed by atoms with Gasteiger partial charge in [0.2, 0.25) is 5.91 Å². The highest BCUT2D eigenvalue weighted by atomic mass is 32.1. The third kappa shape index (κ3) is 5.38. The zero-order valence-electron chi connectivity index (χ0n) is 15.9. The lowest BCUT2D eigenvalue weighted by atomic mass is 10.1. The summed E-state index contributed by atoms with van der Waals surface area (Å²) in [7, 11) is 0. The van der Waals surface area contributed by atoms with Crippen LogP contribution < -0.4 is 5.32 Å². The molecule has 0 aliphatic carbocycles. The predicted octanol–water partition coefficient (Wildman–Crippen LogP) is 2.87. The summed E-state index contributed by atoms with van der Waals surface area (Å²) in [5, 5.41) is 6.20. The van der Waals surface area contributed by atoms with Gasteiger partial charge in [-0.3, -0.25) is 14.4 Å². The predicted molar refractivity (Wildman–Crippen MR) is 105 cm³/mol. The molecule has 1 aromatic heterocycles. The van der Waals surface area contributed by atoms with Gasteiger partial charge < -0.3 is 15.1 Å². The number of hydrogen-bond donors (Lipinski definition) is 1. The van der Waals surface area contributed by atoms with Crippen molar-refractivity contribution in [3.8, 4) is 0 Å². The molecule has 0 unspecified atom stereocenters. The molecule has 0 atom stereocenters. The molecular weight excluding hydrogens is 419 g/mol. The van der Waals surface area contributed by atoms with Crippen molar-refractivity contribution in [3.63, 3.8) is 0 Å². The molecule has 0 radical (unpaired) electrons. The SMILES string of the molecule is O=C(NCCC(=O)N1CCN(C(=O)c2cccc(C(F)(F)F)c2)CC1)c1ccsc1. The summed E-state index contributed by atoms with van der Waals surface area (Å²) in [5.74, 6) is -0.872. The summed E-state index contributed by atoms with van der Waals surface area (Å²) < 4.78 is 38.6. The third-order valence-corrected chi connectivity index (χ3v) is 5.45. The van der Waals surface area contributed by atoms with Gasteiger partial charge in [-0.25, -0.2) is 0 Å². The Bertz CT molecular complexity index is 908. The van der Waals surface area contributed by atoms with E-state index in [1.807, 2.05) is 0 Å². The van der Waals surface area contributed by atoms with Crippen LogP contribution in [-0.4, -0.2) is 60.2 Å². The Labute approximate surface area is 175 Å². The topological polar surface area (TPSA) is 69.7 Å².